The van der Waals surface area contributed by atoms with E-state index in [1.54, 1.807) is 0 Å². The zero-order valence-corrected chi connectivity index (χ0v) is 37.6. The van der Waals surface area contributed by atoms with Gasteiger partial charge in [0, 0.05) is 58.7 Å². The van der Waals surface area contributed by atoms with Crippen LogP contribution in [0.15, 0.2) is 130 Å². The topological polar surface area (TPSA) is 34.5 Å². The van der Waals surface area contributed by atoms with Crippen LogP contribution in [0.3, 0.4) is 0 Å². The predicted octanol–water partition coefficient (Wildman–Crippen LogP) is 14.9. The molecule has 4 nitrogen and oxygen atoms in total. The second kappa shape index (κ2) is 11.8. The van der Waals surface area contributed by atoms with E-state index in [0.29, 0.717) is 0 Å². The van der Waals surface area contributed by atoms with Crippen molar-refractivity contribution < 1.29 is 8.83 Å². The fourth-order valence-electron chi connectivity index (χ4n) is 10.8. The molecule has 0 spiro atoms. The molecule has 0 amide bonds. The van der Waals surface area contributed by atoms with Gasteiger partial charge in [0.15, 0.2) is 0 Å². The molecule has 62 heavy (non-hydrogen) atoms. The molecular weight excluding hydrogens is 776 g/mol. The number of furan rings is 2. The smallest absolute Gasteiger partial charge is 0.343 e. The highest BCUT2D eigenvalue weighted by Crippen LogP contribution is 2.54. The summed E-state index contributed by atoms with van der Waals surface area (Å²) < 4.78 is 19.3. The lowest BCUT2D eigenvalue weighted by Gasteiger charge is -2.41. The molecule has 11 aromatic rings. The van der Waals surface area contributed by atoms with Gasteiger partial charge in [-0.2, -0.15) is 0 Å². The van der Waals surface area contributed by atoms with Crippen LogP contribution in [0, 0.1) is 0 Å². The average molecular weight is 823 g/mol. The van der Waals surface area contributed by atoms with Gasteiger partial charge in [-0.15, -0.1) is 11.3 Å². The summed E-state index contributed by atoms with van der Waals surface area (Å²) in [5.41, 5.74) is 17.4. The van der Waals surface area contributed by atoms with Crippen molar-refractivity contribution in [3.05, 3.63) is 138 Å². The molecule has 2 aliphatic rings. The van der Waals surface area contributed by atoms with Crippen LogP contribution in [0.2, 0.25) is 0 Å². The van der Waals surface area contributed by atoms with Crippen LogP contribution in [0.25, 0.3) is 92.6 Å². The Morgan fingerprint density at radius 2 is 1.16 bits per heavy atom. The molecule has 0 atom stereocenters. The van der Waals surface area contributed by atoms with E-state index in [-0.39, 0.29) is 23.1 Å². The predicted molar refractivity (Wildman–Crippen MR) is 266 cm³/mol. The first-order valence-corrected chi connectivity index (χ1v) is 22.9. The van der Waals surface area contributed by atoms with Gasteiger partial charge in [-0.05, 0) is 105 Å². The molecule has 0 unspecified atom stereocenters. The molecule has 0 saturated carbocycles. The average Bonchev–Trinajstić information content (AvgIpc) is 4.00. The van der Waals surface area contributed by atoms with E-state index >= 15 is 0 Å². The summed E-state index contributed by atoms with van der Waals surface area (Å²) in [5.74, 6) is 0. The maximum Gasteiger partial charge on any atom is 0.343 e. The third-order valence-corrected chi connectivity index (χ3v) is 15.2. The van der Waals surface area contributed by atoms with Gasteiger partial charge >= 0.3 is 6.85 Å². The lowest BCUT2D eigenvalue weighted by molar-refractivity contribution is 0.590. The molecule has 0 aliphatic carbocycles. The Labute approximate surface area is 365 Å². The van der Waals surface area contributed by atoms with Gasteiger partial charge in [-0.25, -0.2) is 0 Å². The van der Waals surface area contributed by atoms with Crippen LogP contribution in [0.5, 0.6) is 0 Å². The summed E-state index contributed by atoms with van der Waals surface area (Å²) in [4.78, 5) is 2.67. The number of anilines is 2. The second-order valence-corrected chi connectivity index (χ2v) is 22.0. The third kappa shape index (κ3) is 4.74. The van der Waals surface area contributed by atoms with E-state index in [0.717, 1.165) is 44.1 Å². The molecule has 6 heteroatoms. The fourth-order valence-corrected chi connectivity index (χ4v) is 12.1. The molecule has 2 aliphatic heterocycles. The van der Waals surface area contributed by atoms with Crippen molar-refractivity contribution in [1.29, 1.82) is 0 Å². The van der Waals surface area contributed by atoms with Crippen LogP contribution in [0.1, 0.15) is 79.0 Å². The van der Waals surface area contributed by atoms with Crippen molar-refractivity contribution in [2.75, 3.05) is 4.81 Å². The SMILES string of the molecule is CC(C)(C)c1ccc(N2B3c4sc5ccc(C(C)(C)C)cc5c4-n4c5ccc(C(C)(C)C)cc5c5c6oc7ccccc7c6c(c3c54)-c3cc4oc5ccccc5c4cc32)cc1. The van der Waals surface area contributed by atoms with Gasteiger partial charge in [0.05, 0.1) is 22.1 Å². The summed E-state index contributed by atoms with van der Waals surface area (Å²) in [6.45, 7) is 20.7. The number of para-hydroxylation sites is 2. The number of aromatic nitrogens is 1. The summed E-state index contributed by atoms with van der Waals surface area (Å²) in [6, 6.07) is 45.7. The van der Waals surface area contributed by atoms with E-state index in [2.05, 4.69) is 193 Å². The Hall–Kier alpha value is -6.24. The molecule has 7 aromatic carbocycles. The summed E-state index contributed by atoms with van der Waals surface area (Å²) >= 11 is 1.96. The first-order valence-electron chi connectivity index (χ1n) is 22.0. The summed E-state index contributed by atoms with van der Waals surface area (Å²) in [5, 5.41) is 8.29. The number of fused-ring (bicyclic) bond motifs is 18. The zero-order chi connectivity index (χ0) is 42.4. The van der Waals surface area contributed by atoms with Crippen LogP contribution in [0.4, 0.5) is 11.4 Å². The largest absolute Gasteiger partial charge is 0.456 e. The Kier molecular flexibility index (Phi) is 6.94. The number of nitrogens with zero attached hydrogens (tertiary/aromatic N) is 2. The van der Waals surface area contributed by atoms with Gasteiger partial charge < -0.3 is 18.2 Å². The van der Waals surface area contributed by atoms with Crippen molar-refractivity contribution in [3.63, 3.8) is 0 Å². The van der Waals surface area contributed by atoms with Crippen molar-refractivity contribution in [2.45, 2.75) is 78.6 Å². The zero-order valence-electron chi connectivity index (χ0n) is 36.7. The molecule has 0 fully saturated rings. The highest BCUT2D eigenvalue weighted by molar-refractivity contribution is 7.32. The monoisotopic (exact) mass is 822 g/mol. The van der Waals surface area contributed by atoms with Gasteiger partial charge in [-0.1, -0.05) is 123 Å². The van der Waals surface area contributed by atoms with Gasteiger partial charge in [0.25, 0.3) is 0 Å². The lowest BCUT2D eigenvalue weighted by Crippen LogP contribution is -2.59. The number of benzene rings is 7. The summed E-state index contributed by atoms with van der Waals surface area (Å²) in [6.07, 6.45) is 0. The molecule has 0 N–H and O–H groups in total. The maximum absolute atomic E-state index is 7.22. The Bertz CT molecular complexity index is 3760. The minimum Gasteiger partial charge on any atom is -0.456 e. The maximum atomic E-state index is 7.22. The number of rotatable bonds is 1. The Balaban J connectivity index is 1.29. The van der Waals surface area contributed by atoms with Crippen LogP contribution in [-0.4, -0.2) is 11.4 Å². The van der Waals surface area contributed by atoms with E-state index in [1.165, 1.54) is 86.8 Å². The molecule has 0 bridgehead atoms. The van der Waals surface area contributed by atoms with Crippen molar-refractivity contribution >= 4 is 116 Å². The molecule has 0 saturated heterocycles. The van der Waals surface area contributed by atoms with E-state index in [4.69, 9.17) is 8.83 Å². The van der Waals surface area contributed by atoms with Crippen molar-refractivity contribution in [2.24, 2.45) is 0 Å². The molecule has 6 heterocycles. The first-order chi connectivity index (χ1) is 29.6. The van der Waals surface area contributed by atoms with Gasteiger partial charge in [-0.3, -0.25) is 0 Å². The van der Waals surface area contributed by atoms with Crippen LogP contribution >= 0.6 is 11.3 Å². The van der Waals surface area contributed by atoms with E-state index in [1.807, 2.05) is 11.3 Å². The molecule has 4 aromatic heterocycles. The Morgan fingerprint density at radius 1 is 0.532 bits per heavy atom. The molecular formula is C56H47BN2O2S. The lowest BCUT2D eigenvalue weighted by atomic mass is 9.47. The minimum absolute atomic E-state index is 0.0117. The number of hydrogen-bond donors (Lipinski definition) is 0. The van der Waals surface area contributed by atoms with E-state index in [9.17, 15) is 0 Å². The fraction of sp³-hybridized carbons (Fsp3) is 0.214. The second-order valence-electron chi connectivity index (χ2n) is 20.9. The standard InChI is InChI=1S/C56H47BN2O2S/c1-54(2,3)30-18-22-33(23-19-30)59-41-28-36-34-14-10-12-16-42(34)60-44(36)29-38(41)46-47-35-15-11-13-17-43(35)61-52(47)48-37-26-31(55(4,5)6)20-24-40(37)58-50-39-27-32(56(7,8)9)21-25-45(39)62-53(50)57(59)49(46)51(48)58/h10-29H,1-9H3. The Morgan fingerprint density at radius 3 is 1.87 bits per heavy atom. The van der Waals surface area contributed by atoms with Gasteiger partial charge in [0.2, 0.25) is 0 Å². The molecule has 302 valence electrons. The number of hydrogen-bond acceptors (Lipinski definition) is 4. The van der Waals surface area contributed by atoms with Crippen molar-refractivity contribution in [3.8, 4) is 16.8 Å². The highest BCUT2D eigenvalue weighted by atomic mass is 32.1. The quantitative estimate of drug-likeness (QED) is 0.155. The third-order valence-electron chi connectivity index (χ3n) is 14.0. The number of thiophene rings is 1. The van der Waals surface area contributed by atoms with Crippen LogP contribution in [-0.2, 0) is 16.2 Å². The summed E-state index contributed by atoms with van der Waals surface area (Å²) in [7, 11) is 0. The molecule has 0 radical (unpaired) electrons. The van der Waals surface area contributed by atoms with Crippen LogP contribution < -0.4 is 15.1 Å². The first kappa shape index (κ1) is 36.4. The van der Waals surface area contributed by atoms with E-state index < -0.39 is 0 Å². The van der Waals surface area contributed by atoms with Gasteiger partial charge in [0.1, 0.15) is 22.3 Å². The highest BCUT2D eigenvalue weighted by Gasteiger charge is 2.48. The normalized spacial score (nSPS) is 14.1. The minimum atomic E-state index is -0.126. The van der Waals surface area contributed by atoms with Crippen molar-refractivity contribution in [1.82, 2.24) is 4.57 Å². The molecule has 13 rings (SSSR count).